The average Bonchev–Trinajstić information content (AvgIpc) is 3.41. The Labute approximate surface area is 161 Å². The van der Waals surface area contributed by atoms with Crippen LogP contribution in [0.25, 0.3) is 10.9 Å². The van der Waals surface area contributed by atoms with Crippen LogP contribution in [0.4, 0.5) is 0 Å². The number of aromatic amines is 1. The number of hydrogen-bond donors (Lipinski definition) is 1. The van der Waals surface area contributed by atoms with Crippen LogP contribution in [0.15, 0.2) is 25.9 Å². The molecule has 2 aromatic rings. The van der Waals surface area contributed by atoms with Crippen LogP contribution in [0.3, 0.4) is 0 Å². The number of fused-ring (bicyclic) bond motifs is 1. The van der Waals surface area contributed by atoms with E-state index in [4.69, 9.17) is 0 Å². The van der Waals surface area contributed by atoms with E-state index in [1.165, 1.54) is 0 Å². The van der Waals surface area contributed by atoms with Gasteiger partial charge in [0.15, 0.2) is 0 Å². The number of carbonyl (C=O) groups excluding carboxylic acids is 1. The molecule has 132 valence electrons. The summed E-state index contributed by atoms with van der Waals surface area (Å²) in [5.41, 5.74) is 0.536. The maximum Gasteiger partial charge on any atom is 0.258 e. The molecule has 2 aliphatic rings. The molecule has 1 aromatic carbocycles. The highest BCUT2D eigenvalue weighted by atomic mass is 79.9. The minimum atomic E-state index is -0.135. The molecule has 4 rings (SSSR count). The molecule has 1 saturated carbocycles. The molecule has 0 radical (unpaired) electrons. The maximum absolute atomic E-state index is 12.4. The Morgan fingerprint density at radius 2 is 1.92 bits per heavy atom. The van der Waals surface area contributed by atoms with Crippen LogP contribution in [-0.2, 0) is 11.3 Å². The molecule has 1 aliphatic heterocycles. The first-order valence-electron chi connectivity index (χ1n) is 8.40. The number of piperazine rings is 1. The SMILES string of the molecule is O=C(C1CC1)N1CCN(Cc2nc3c(Br)cc(Br)cc3c(=O)[nH]2)CC1. The van der Waals surface area contributed by atoms with Crippen LogP contribution in [-0.4, -0.2) is 51.9 Å². The van der Waals surface area contributed by atoms with Gasteiger partial charge in [0.05, 0.1) is 17.4 Å². The van der Waals surface area contributed by atoms with E-state index >= 15 is 0 Å². The zero-order valence-corrected chi connectivity index (χ0v) is 16.8. The first-order valence-corrected chi connectivity index (χ1v) is 9.99. The fraction of sp³-hybridized carbons (Fsp3) is 0.471. The third-order valence-corrected chi connectivity index (χ3v) is 5.82. The normalized spacial score (nSPS) is 18.7. The summed E-state index contributed by atoms with van der Waals surface area (Å²) in [5.74, 6) is 1.25. The van der Waals surface area contributed by atoms with Crippen molar-refractivity contribution in [3.63, 3.8) is 0 Å². The van der Waals surface area contributed by atoms with E-state index in [0.29, 0.717) is 29.2 Å². The Hall–Kier alpha value is -1.25. The van der Waals surface area contributed by atoms with E-state index in [9.17, 15) is 9.59 Å². The molecule has 6 nitrogen and oxygen atoms in total. The van der Waals surface area contributed by atoms with Gasteiger partial charge < -0.3 is 9.88 Å². The molecule has 1 aliphatic carbocycles. The van der Waals surface area contributed by atoms with Crippen LogP contribution in [0.1, 0.15) is 18.7 Å². The van der Waals surface area contributed by atoms with Crippen LogP contribution >= 0.6 is 31.9 Å². The summed E-state index contributed by atoms with van der Waals surface area (Å²) >= 11 is 6.88. The number of nitrogens with one attached hydrogen (secondary N) is 1. The summed E-state index contributed by atoms with van der Waals surface area (Å²) in [6, 6.07) is 3.67. The Morgan fingerprint density at radius 3 is 2.60 bits per heavy atom. The number of hydrogen-bond acceptors (Lipinski definition) is 4. The molecule has 8 heteroatoms. The molecule has 1 saturated heterocycles. The van der Waals surface area contributed by atoms with Gasteiger partial charge in [0.1, 0.15) is 5.82 Å². The summed E-state index contributed by atoms with van der Waals surface area (Å²) < 4.78 is 1.63. The van der Waals surface area contributed by atoms with Crippen molar-refractivity contribution in [3.05, 3.63) is 37.3 Å². The number of rotatable bonds is 3. The van der Waals surface area contributed by atoms with Crippen LogP contribution in [0.5, 0.6) is 0 Å². The molecule has 0 unspecified atom stereocenters. The van der Waals surface area contributed by atoms with Gasteiger partial charge in [0, 0.05) is 41.0 Å². The predicted molar refractivity (Wildman–Crippen MR) is 102 cm³/mol. The van der Waals surface area contributed by atoms with Gasteiger partial charge in [-0.2, -0.15) is 0 Å². The standard InChI is InChI=1S/C17H18Br2N4O2/c18-11-7-12-15(13(19)8-11)20-14(21-16(12)24)9-22-3-5-23(6-4-22)17(25)10-1-2-10/h7-8,10H,1-6,9H2,(H,20,21,24). The molecular weight excluding hydrogens is 452 g/mol. The van der Waals surface area contributed by atoms with E-state index in [0.717, 1.165) is 48.0 Å². The molecule has 2 heterocycles. The number of carbonyl (C=O) groups is 1. The third kappa shape index (κ3) is 3.66. The molecule has 0 atom stereocenters. The lowest BCUT2D eigenvalue weighted by Gasteiger charge is -2.34. The van der Waals surface area contributed by atoms with Gasteiger partial charge in [-0.1, -0.05) is 15.9 Å². The van der Waals surface area contributed by atoms with Crippen molar-refractivity contribution in [1.29, 1.82) is 0 Å². The van der Waals surface area contributed by atoms with Crippen LogP contribution in [0, 0.1) is 5.92 Å². The molecule has 25 heavy (non-hydrogen) atoms. The Kier molecular flexibility index (Phi) is 4.68. The first kappa shape index (κ1) is 17.2. The van der Waals surface area contributed by atoms with E-state index in [1.807, 2.05) is 11.0 Å². The number of nitrogens with zero attached hydrogens (tertiary/aromatic N) is 3. The molecule has 1 aromatic heterocycles. The molecule has 0 spiro atoms. The predicted octanol–water partition coefficient (Wildman–Crippen LogP) is 2.50. The van der Waals surface area contributed by atoms with E-state index < -0.39 is 0 Å². The Morgan fingerprint density at radius 1 is 1.20 bits per heavy atom. The number of amides is 1. The Bertz CT molecular complexity index is 886. The zero-order chi connectivity index (χ0) is 17.6. The highest BCUT2D eigenvalue weighted by molar-refractivity contribution is 9.11. The lowest BCUT2D eigenvalue weighted by Crippen LogP contribution is -2.49. The van der Waals surface area contributed by atoms with Crippen molar-refractivity contribution in [3.8, 4) is 0 Å². The second-order valence-corrected chi connectivity index (χ2v) is 8.44. The maximum atomic E-state index is 12.4. The summed E-state index contributed by atoms with van der Waals surface area (Å²) in [6.45, 7) is 3.70. The number of aromatic nitrogens is 2. The molecular formula is C17H18Br2N4O2. The topological polar surface area (TPSA) is 69.3 Å². The van der Waals surface area contributed by atoms with Gasteiger partial charge in [0.2, 0.25) is 5.91 Å². The average molecular weight is 470 g/mol. The zero-order valence-electron chi connectivity index (χ0n) is 13.6. The number of H-pyrrole nitrogens is 1. The quantitative estimate of drug-likeness (QED) is 0.749. The van der Waals surface area contributed by atoms with Crippen molar-refractivity contribution in [2.24, 2.45) is 5.92 Å². The lowest BCUT2D eigenvalue weighted by atomic mass is 10.2. The molecule has 2 fully saturated rings. The smallest absolute Gasteiger partial charge is 0.258 e. The highest BCUT2D eigenvalue weighted by Gasteiger charge is 2.34. The van der Waals surface area contributed by atoms with Gasteiger partial charge >= 0.3 is 0 Å². The third-order valence-electron chi connectivity index (χ3n) is 4.76. The molecule has 1 N–H and O–H groups in total. The number of benzene rings is 1. The van der Waals surface area contributed by atoms with Crippen molar-refractivity contribution < 1.29 is 4.79 Å². The van der Waals surface area contributed by atoms with Gasteiger partial charge in [-0.05, 0) is 40.9 Å². The summed E-state index contributed by atoms with van der Waals surface area (Å²) in [5, 5.41) is 0.560. The van der Waals surface area contributed by atoms with Gasteiger partial charge in [0.25, 0.3) is 5.56 Å². The molecule has 0 bridgehead atoms. The van der Waals surface area contributed by atoms with Crippen molar-refractivity contribution in [2.75, 3.05) is 26.2 Å². The minimum Gasteiger partial charge on any atom is -0.340 e. The van der Waals surface area contributed by atoms with Crippen LogP contribution < -0.4 is 5.56 Å². The number of halogens is 2. The lowest BCUT2D eigenvalue weighted by molar-refractivity contribution is -0.134. The van der Waals surface area contributed by atoms with Gasteiger partial charge in [-0.25, -0.2) is 4.98 Å². The van der Waals surface area contributed by atoms with Crippen molar-refractivity contribution in [1.82, 2.24) is 19.8 Å². The largest absolute Gasteiger partial charge is 0.340 e. The van der Waals surface area contributed by atoms with E-state index in [1.54, 1.807) is 6.07 Å². The fourth-order valence-electron chi connectivity index (χ4n) is 3.22. The second-order valence-electron chi connectivity index (χ2n) is 6.67. The van der Waals surface area contributed by atoms with Crippen molar-refractivity contribution in [2.45, 2.75) is 19.4 Å². The van der Waals surface area contributed by atoms with Gasteiger partial charge in [-0.15, -0.1) is 0 Å². The summed E-state index contributed by atoms with van der Waals surface area (Å²) in [6.07, 6.45) is 2.10. The van der Waals surface area contributed by atoms with E-state index in [2.05, 4.69) is 46.7 Å². The minimum absolute atomic E-state index is 0.135. The fourth-order valence-corrected chi connectivity index (χ4v) is 4.53. The highest BCUT2D eigenvalue weighted by Crippen LogP contribution is 2.31. The Balaban J connectivity index is 1.48. The molecule has 1 amide bonds. The first-order chi connectivity index (χ1) is 12.0. The van der Waals surface area contributed by atoms with E-state index in [-0.39, 0.29) is 11.5 Å². The van der Waals surface area contributed by atoms with Crippen LogP contribution in [0.2, 0.25) is 0 Å². The summed E-state index contributed by atoms with van der Waals surface area (Å²) in [7, 11) is 0. The summed E-state index contributed by atoms with van der Waals surface area (Å²) in [4.78, 5) is 36.2. The monoisotopic (exact) mass is 468 g/mol. The second kappa shape index (κ2) is 6.81. The van der Waals surface area contributed by atoms with Crippen molar-refractivity contribution >= 4 is 48.7 Å². The van der Waals surface area contributed by atoms with Gasteiger partial charge in [-0.3, -0.25) is 14.5 Å².